The summed E-state index contributed by atoms with van der Waals surface area (Å²) in [5.41, 5.74) is 0.0185. The first-order chi connectivity index (χ1) is 5.25. The summed E-state index contributed by atoms with van der Waals surface area (Å²) in [7, 11) is 0. The first-order valence-electron chi connectivity index (χ1n) is 2.71. The Morgan fingerprint density at radius 3 is 2.91 bits per heavy atom. The van der Waals surface area contributed by atoms with Crippen LogP contribution in [0.1, 0.15) is 11.7 Å². The van der Waals surface area contributed by atoms with Crippen molar-refractivity contribution in [1.82, 2.24) is 15.4 Å². The van der Waals surface area contributed by atoms with E-state index in [4.69, 9.17) is 0 Å². The molecule has 1 rings (SSSR count). The van der Waals surface area contributed by atoms with Crippen molar-refractivity contribution >= 4 is 6.29 Å². The normalized spacial score (nSPS) is 12.4. The quantitative estimate of drug-likeness (QED) is 0.355. The molecule has 0 aliphatic rings. The van der Waals surface area contributed by atoms with E-state index in [9.17, 15) is 14.9 Å². The molecule has 0 bridgehead atoms. The Bertz CT molecular complexity index is 256. The van der Waals surface area contributed by atoms with E-state index in [0.717, 1.165) is 0 Å². The Morgan fingerprint density at radius 1 is 1.82 bits per heavy atom. The van der Waals surface area contributed by atoms with Crippen LogP contribution in [0.15, 0.2) is 6.20 Å². The van der Waals surface area contributed by atoms with E-state index >= 15 is 0 Å². The Balaban J connectivity index is 2.88. The summed E-state index contributed by atoms with van der Waals surface area (Å²) in [6, 6.07) is -1.41. The molecule has 1 aromatic rings. The lowest BCUT2D eigenvalue weighted by atomic mass is 10.3. The number of hydrogen-bond donors (Lipinski definition) is 1. The average molecular weight is 156 g/mol. The standard InChI is InChI=1S/C4H4N4O3/c9-2-4(8(10)11)3-1-5-7-6-3/h1-2,4H,(H,5,6,7). The highest BCUT2D eigenvalue weighted by Gasteiger charge is 2.23. The van der Waals surface area contributed by atoms with E-state index < -0.39 is 11.0 Å². The number of hydrogen-bond acceptors (Lipinski definition) is 5. The van der Waals surface area contributed by atoms with Crippen molar-refractivity contribution in [3.63, 3.8) is 0 Å². The molecule has 0 aromatic carbocycles. The van der Waals surface area contributed by atoms with Crippen LogP contribution in [-0.4, -0.2) is 26.6 Å². The van der Waals surface area contributed by atoms with Gasteiger partial charge in [0.25, 0.3) is 0 Å². The molecule has 11 heavy (non-hydrogen) atoms. The molecule has 0 spiro atoms. The van der Waals surface area contributed by atoms with Gasteiger partial charge in [0.2, 0.25) is 0 Å². The number of nitrogens with zero attached hydrogens (tertiary/aromatic N) is 3. The number of nitrogens with one attached hydrogen (secondary N) is 1. The van der Waals surface area contributed by atoms with Gasteiger partial charge in [-0.2, -0.15) is 0 Å². The van der Waals surface area contributed by atoms with Crippen LogP contribution < -0.4 is 0 Å². The van der Waals surface area contributed by atoms with Crippen LogP contribution in [0, 0.1) is 10.1 Å². The lowest BCUT2D eigenvalue weighted by Crippen LogP contribution is -2.11. The zero-order valence-electron chi connectivity index (χ0n) is 5.30. The van der Waals surface area contributed by atoms with Gasteiger partial charge in [-0.15, -0.1) is 5.10 Å². The van der Waals surface area contributed by atoms with Crippen LogP contribution in [0.25, 0.3) is 0 Å². The number of H-pyrrole nitrogens is 1. The van der Waals surface area contributed by atoms with E-state index in [1.807, 2.05) is 0 Å². The lowest BCUT2D eigenvalue weighted by Gasteiger charge is -1.94. The average Bonchev–Trinajstić information content (AvgIpc) is 2.40. The fraction of sp³-hybridized carbons (Fsp3) is 0.250. The summed E-state index contributed by atoms with van der Waals surface area (Å²) in [6.07, 6.45) is 1.42. The number of carbonyl (C=O) groups is 1. The predicted molar refractivity (Wildman–Crippen MR) is 32.2 cm³/mol. The molecule has 1 atom stereocenters. The third-order valence-corrected chi connectivity index (χ3v) is 1.09. The molecule has 1 unspecified atom stereocenters. The zero-order chi connectivity index (χ0) is 8.27. The monoisotopic (exact) mass is 156 g/mol. The van der Waals surface area contributed by atoms with Crippen molar-refractivity contribution in [2.45, 2.75) is 6.04 Å². The molecule has 0 amide bonds. The zero-order valence-corrected chi connectivity index (χ0v) is 5.30. The Hall–Kier alpha value is -1.79. The molecular weight excluding hydrogens is 152 g/mol. The number of aldehydes is 1. The molecule has 1 aromatic heterocycles. The van der Waals surface area contributed by atoms with E-state index in [2.05, 4.69) is 15.4 Å². The van der Waals surface area contributed by atoms with Gasteiger partial charge in [-0.3, -0.25) is 20.0 Å². The number of carbonyl (C=O) groups excluding carboxylic acids is 1. The highest BCUT2D eigenvalue weighted by Crippen LogP contribution is 2.07. The number of rotatable bonds is 3. The number of aromatic nitrogens is 3. The SMILES string of the molecule is O=CC(c1c[nH]nn1)[N+](=O)[O-]. The second-order valence-electron chi connectivity index (χ2n) is 1.76. The van der Waals surface area contributed by atoms with Crippen molar-refractivity contribution in [1.29, 1.82) is 0 Å². The molecule has 0 saturated heterocycles. The number of aromatic amines is 1. The summed E-state index contributed by atoms with van der Waals surface area (Å²) in [5.74, 6) is 0. The van der Waals surface area contributed by atoms with Gasteiger partial charge in [-0.1, -0.05) is 5.21 Å². The number of nitro groups is 1. The minimum absolute atomic E-state index is 0.0185. The molecule has 0 aliphatic carbocycles. The second kappa shape index (κ2) is 2.86. The maximum absolute atomic E-state index is 10.1. The summed E-state index contributed by atoms with van der Waals surface area (Å²) in [4.78, 5) is 19.5. The van der Waals surface area contributed by atoms with Crippen molar-refractivity contribution in [2.75, 3.05) is 0 Å². The third-order valence-electron chi connectivity index (χ3n) is 1.09. The maximum atomic E-state index is 10.1. The van der Waals surface area contributed by atoms with Crippen LogP contribution in [0.2, 0.25) is 0 Å². The molecule has 58 valence electrons. The molecule has 7 nitrogen and oxygen atoms in total. The van der Waals surface area contributed by atoms with Crippen molar-refractivity contribution in [3.05, 3.63) is 22.0 Å². The van der Waals surface area contributed by atoms with Gasteiger partial charge in [-0.25, -0.2) is 0 Å². The Labute approximate surface area is 60.6 Å². The van der Waals surface area contributed by atoms with Gasteiger partial charge < -0.3 is 0 Å². The highest BCUT2D eigenvalue weighted by molar-refractivity contribution is 5.57. The highest BCUT2D eigenvalue weighted by atomic mass is 16.6. The maximum Gasteiger partial charge on any atom is 0.312 e. The van der Waals surface area contributed by atoms with Gasteiger partial charge >= 0.3 is 6.04 Å². The summed E-state index contributed by atoms with van der Waals surface area (Å²) >= 11 is 0. The summed E-state index contributed by atoms with van der Waals surface area (Å²) < 4.78 is 0. The molecule has 0 fully saturated rings. The Morgan fingerprint density at radius 2 is 2.55 bits per heavy atom. The first kappa shape index (κ1) is 7.32. The lowest BCUT2D eigenvalue weighted by molar-refractivity contribution is -0.511. The second-order valence-corrected chi connectivity index (χ2v) is 1.76. The molecule has 1 N–H and O–H groups in total. The van der Waals surface area contributed by atoms with E-state index in [-0.39, 0.29) is 12.0 Å². The fourth-order valence-electron chi connectivity index (χ4n) is 0.582. The van der Waals surface area contributed by atoms with Crippen molar-refractivity contribution < 1.29 is 9.72 Å². The third kappa shape index (κ3) is 1.37. The van der Waals surface area contributed by atoms with E-state index in [1.165, 1.54) is 6.20 Å². The van der Waals surface area contributed by atoms with Crippen LogP contribution in [-0.2, 0) is 4.79 Å². The Kier molecular flexibility index (Phi) is 1.90. The van der Waals surface area contributed by atoms with Crippen molar-refractivity contribution in [2.24, 2.45) is 0 Å². The van der Waals surface area contributed by atoms with Crippen LogP contribution in [0.3, 0.4) is 0 Å². The van der Waals surface area contributed by atoms with Crippen LogP contribution in [0.4, 0.5) is 0 Å². The van der Waals surface area contributed by atoms with Gasteiger partial charge in [-0.05, 0) is 0 Å². The summed E-state index contributed by atoms with van der Waals surface area (Å²) in [5, 5.41) is 19.0. The van der Waals surface area contributed by atoms with E-state index in [0.29, 0.717) is 0 Å². The predicted octanol–water partition coefficient (Wildman–Crippen LogP) is -0.679. The molecule has 0 saturated carbocycles. The molecular formula is C4H4N4O3. The minimum atomic E-state index is -1.41. The largest absolute Gasteiger partial charge is 0.312 e. The topological polar surface area (TPSA) is 102 Å². The summed E-state index contributed by atoms with van der Waals surface area (Å²) in [6.45, 7) is 0. The van der Waals surface area contributed by atoms with Gasteiger partial charge in [0.1, 0.15) is 0 Å². The molecule has 1 heterocycles. The molecule has 0 radical (unpaired) electrons. The van der Waals surface area contributed by atoms with E-state index in [1.54, 1.807) is 0 Å². The van der Waals surface area contributed by atoms with Gasteiger partial charge in [0, 0.05) is 4.92 Å². The smallest absolute Gasteiger partial charge is 0.295 e. The van der Waals surface area contributed by atoms with Gasteiger partial charge in [0.15, 0.2) is 12.0 Å². The van der Waals surface area contributed by atoms with Crippen molar-refractivity contribution in [3.8, 4) is 0 Å². The van der Waals surface area contributed by atoms with Gasteiger partial charge in [0.05, 0.1) is 6.20 Å². The molecule has 0 aliphatic heterocycles. The van der Waals surface area contributed by atoms with Crippen LogP contribution in [0.5, 0.6) is 0 Å². The fourth-order valence-corrected chi connectivity index (χ4v) is 0.582. The first-order valence-corrected chi connectivity index (χ1v) is 2.71. The van der Waals surface area contributed by atoms with Crippen LogP contribution >= 0.6 is 0 Å². The minimum Gasteiger partial charge on any atom is -0.295 e. The molecule has 7 heteroatoms.